The molecule has 3 aliphatic rings. The van der Waals surface area contributed by atoms with Gasteiger partial charge < -0.3 is 29.2 Å². The molecule has 14 heteroatoms. The van der Waals surface area contributed by atoms with Crippen molar-refractivity contribution in [2.75, 3.05) is 19.6 Å². The van der Waals surface area contributed by atoms with E-state index < -0.39 is 46.2 Å². The summed E-state index contributed by atoms with van der Waals surface area (Å²) in [5.41, 5.74) is 0.305. The second kappa shape index (κ2) is 14.2. The van der Waals surface area contributed by atoms with Crippen LogP contribution in [-0.4, -0.2) is 74.2 Å². The number of rotatable bonds is 10. The van der Waals surface area contributed by atoms with Crippen molar-refractivity contribution in [3.63, 3.8) is 0 Å². The van der Waals surface area contributed by atoms with Gasteiger partial charge in [-0.2, -0.15) is 0 Å². The van der Waals surface area contributed by atoms with E-state index in [4.69, 9.17) is 19.2 Å². The summed E-state index contributed by atoms with van der Waals surface area (Å²) in [5.74, 6) is -2.54. The number of fused-ring (bicyclic) bond motifs is 5. The molecule has 1 aromatic carbocycles. The molecule has 0 radical (unpaired) electrons. The Balaban J connectivity index is 1.34. The predicted molar refractivity (Wildman–Crippen MR) is 196 cm³/mol. The summed E-state index contributed by atoms with van der Waals surface area (Å²) < 4.78 is 33.0. The molecule has 2 N–H and O–H groups in total. The first-order valence-corrected chi connectivity index (χ1v) is 18.5. The monoisotopic (exact) mass is 748 g/mol. The summed E-state index contributed by atoms with van der Waals surface area (Å²) >= 11 is 0. The number of esters is 3. The molecule has 0 bridgehead atoms. The fraction of sp³-hybridized carbons (Fsp3) is 0.550. The molecule has 290 valence electrons. The minimum Gasteiger partial charge on any atom is -0.460 e. The SMILES string of the molecule is CC[C@@]1(O)C(=O)OCc2c1cc1n(c2=O)Cc2c-1nc1cc(F)c(C)c3c1c2C(NC(=O)CN(CCCC(=O)OC(C)(C)C)CC(=O)OC(C)(C)C)CC3. The summed E-state index contributed by atoms with van der Waals surface area (Å²) in [5, 5.41) is 15.2. The van der Waals surface area contributed by atoms with Crippen molar-refractivity contribution >= 4 is 34.7 Å². The van der Waals surface area contributed by atoms with E-state index in [1.54, 1.807) is 66.4 Å². The number of pyridine rings is 2. The normalized spacial score (nSPS) is 18.9. The number of aryl methyl sites for hydroxylation is 1. The number of aliphatic hydroxyl groups is 1. The van der Waals surface area contributed by atoms with Crippen LogP contribution in [0, 0.1) is 12.7 Å². The van der Waals surface area contributed by atoms with Gasteiger partial charge in [-0.3, -0.25) is 24.1 Å². The zero-order valence-corrected chi connectivity index (χ0v) is 32.2. The molecule has 0 saturated heterocycles. The molecular weight excluding hydrogens is 699 g/mol. The minimum atomic E-state index is -2.01. The zero-order valence-electron chi connectivity index (χ0n) is 32.2. The summed E-state index contributed by atoms with van der Waals surface area (Å²) in [4.78, 5) is 72.4. The molecular formula is C40H49FN4O9. The number of hydrogen-bond acceptors (Lipinski definition) is 11. The Kier molecular flexibility index (Phi) is 10.2. The van der Waals surface area contributed by atoms with Crippen molar-refractivity contribution in [1.82, 2.24) is 19.8 Å². The maximum Gasteiger partial charge on any atom is 0.343 e. The maximum atomic E-state index is 15.3. The van der Waals surface area contributed by atoms with Gasteiger partial charge in [0.25, 0.3) is 5.56 Å². The van der Waals surface area contributed by atoms with Gasteiger partial charge in [-0.05, 0) is 103 Å². The molecule has 0 spiro atoms. The van der Waals surface area contributed by atoms with E-state index in [0.29, 0.717) is 52.7 Å². The second-order valence-electron chi connectivity index (χ2n) is 16.5. The predicted octanol–water partition coefficient (Wildman–Crippen LogP) is 4.40. The first-order valence-electron chi connectivity index (χ1n) is 18.5. The first-order chi connectivity index (χ1) is 25.2. The average Bonchev–Trinajstić information content (AvgIpc) is 3.42. The van der Waals surface area contributed by atoms with Gasteiger partial charge in [0.2, 0.25) is 5.91 Å². The number of benzene rings is 1. The minimum absolute atomic E-state index is 0.0150. The van der Waals surface area contributed by atoms with Crippen LogP contribution in [-0.2, 0) is 58.6 Å². The Morgan fingerprint density at radius 3 is 2.41 bits per heavy atom. The van der Waals surface area contributed by atoms with Gasteiger partial charge in [0, 0.05) is 29.0 Å². The van der Waals surface area contributed by atoms with Gasteiger partial charge in [-0.15, -0.1) is 0 Å². The topological polar surface area (TPSA) is 166 Å². The number of carbonyl (C=O) groups is 4. The molecule has 0 saturated carbocycles. The fourth-order valence-corrected chi connectivity index (χ4v) is 7.75. The van der Waals surface area contributed by atoms with Crippen LogP contribution in [0.5, 0.6) is 0 Å². The summed E-state index contributed by atoms with van der Waals surface area (Å²) in [7, 11) is 0. The van der Waals surface area contributed by atoms with Crippen LogP contribution in [0.4, 0.5) is 4.39 Å². The maximum absolute atomic E-state index is 15.3. The molecule has 4 heterocycles. The van der Waals surface area contributed by atoms with Crippen LogP contribution in [0.1, 0.15) is 114 Å². The van der Waals surface area contributed by atoms with Crippen molar-refractivity contribution < 1.29 is 42.9 Å². The van der Waals surface area contributed by atoms with Gasteiger partial charge in [-0.1, -0.05) is 6.92 Å². The van der Waals surface area contributed by atoms with Crippen LogP contribution in [0.25, 0.3) is 22.3 Å². The number of nitrogens with zero attached hydrogens (tertiary/aromatic N) is 3. The molecule has 1 amide bonds. The standard InChI is InChI=1S/C40H49FN4O9/c1-9-40(51)25-15-29-35-23(17-45(29)36(49)24(25)20-52-37(40)50)34-27(13-12-22-21(2)26(41)16-28(43-35)33(22)34)42-30(46)18-44(19-32(48)54-39(6,7)8)14-10-11-31(47)53-38(3,4)5/h15-16,27,51H,9-14,17-20H2,1-8H3,(H,42,46)/t27?,40-/m0/s1. The lowest BCUT2D eigenvalue weighted by molar-refractivity contribution is -0.172. The Labute approximate surface area is 313 Å². The van der Waals surface area contributed by atoms with E-state index in [1.165, 1.54) is 10.6 Å². The lowest BCUT2D eigenvalue weighted by atomic mass is 9.81. The highest BCUT2D eigenvalue weighted by Gasteiger charge is 2.46. The third kappa shape index (κ3) is 7.50. The van der Waals surface area contributed by atoms with Crippen LogP contribution < -0.4 is 10.9 Å². The molecule has 6 rings (SSSR count). The van der Waals surface area contributed by atoms with E-state index >= 15 is 4.39 Å². The Morgan fingerprint density at radius 1 is 1.06 bits per heavy atom. The van der Waals surface area contributed by atoms with Crippen LogP contribution in [0.15, 0.2) is 16.9 Å². The molecule has 1 aliphatic carbocycles. The highest BCUT2D eigenvalue weighted by atomic mass is 19.1. The van der Waals surface area contributed by atoms with Gasteiger partial charge >= 0.3 is 17.9 Å². The Morgan fingerprint density at radius 2 is 1.74 bits per heavy atom. The summed E-state index contributed by atoms with van der Waals surface area (Å²) in [6.45, 7) is 13.7. The summed E-state index contributed by atoms with van der Waals surface area (Å²) in [6, 6.07) is 2.40. The number of cyclic esters (lactones) is 1. The molecule has 2 aromatic heterocycles. The van der Waals surface area contributed by atoms with E-state index in [-0.39, 0.29) is 68.6 Å². The van der Waals surface area contributed by atoms with Crippen molar-refractivity contribution in [3.8, 4) is 11.4 Å². The van der Waals surface area contributed by atoms with Crippen LogP contribution in [0.3, 0.4) is 0 Å². The van der Waals surface area contributed by atoms with E-state index in [1.807, 2.05) is 0 Å². The lowest BCUT2D eigenvalue weighted by Gasteiger charge is -2.31. The van der Waals surface area contributed by atoms with Crippen molar-refractivity contribution in [2.45, 2.75) is 123 Å². The molecule has 2 atom stereocenters. The number of hydrogen-bond donors (Lipinski definition) is 2. The number of amides is 1. The highest BCUT2D eigenvalue weighted by molar-refractivity contribution is 5.94. The van der Waals surface area contributed by atoms with E-state index in [0.717, 1.165) is 11.1 Å². The Hall–Kier alpha value is -4.69. The third-order valence-electron chi connectivity index (χ3n) is 10.1. The van der Waals surface area contributed by atoms with Gasteiger partial charge in [0.15, 0.2) is 5.60 Å². The molecule has 54 heavy (non-hydrogen) atoms. The average molecular weight is 749 g/mol. The fourth-order valence-electron chi connectivity index (χ4n) is 7.75. The van der Waals surface area contributed by atoms with Crippen molar-refractivity contribution in [3.05, 3.63) is 61.7 Å². The summed E-state index contributed by atoms with van der Waals surface area (Å²) in [6.07, 6.45) is 1.31. The molecule has 1 unspecified atom stereocenters. The van der Waals surface area contributed by atoms with Crippen molar-refractivity contribution in [1.29, 1.82) is 0 Å². The van der Waals surface area contributed by atoms with Crippen LogP contribution in [0.2, 0.25) is 0 Å². The largest absolute Gasteiger partial charge is 0.460 e. The number of carbonyl (C=O) groups excluding carboxylic acids is 4. The van der Waals surface area contributed by atoms with Gasteiger partial charge in [-0.25, -0.2) is 14.2 Å². The third-order valence-corrected chi connectivity index (χ3v) is 10.1. The van der Waals surface area contributed by atoms with Gasteiger partial charge in [0.1, 0.15) is 23.6 Å². The smallest absolute Gasteiger partial charge is 0.343 e. The highest BCUT2D eigenvalue weighted by Crippen LogP contribution is 2.46. The molecule has 3 aromatic rings. The molecule has 0 fully saturated rings. The zero-order chi connectivity index (χ0) is 39.5. The quantitative estimate of drug-likeness (QED) is 0.174. The Bertz CT molecular complexity index is 2130. The lowest BCUT2D eigenvalue weighted by Crippen LogP contribution is -2.44. The number of ether oxygens (including phenoxy) is 3. The number of nitrogens with one attached hydrogen (secondary N) is 1. The van der Waals surface area contributed by atoms with Crippen molar-refractivity contribution in [2.24, 2.45) is 0 Å². The number of halogens is 1. The molecule has 2 aliphatic heterocycles. The number of aromatic nitrogens is 2. The molecule has 13 nitrogen and oxygen atoms in total. The first kappa shape index (κ1) is 39.0. The second-order valence-corrected chi connectivity index (χ2v) is 16.5. The van der Waals surface area contributed by atoms with Gasteiger partial charge in [0.05, 0.1) is 48.1 Å². The van der Waals surface area contributed by atoms with Crippen LogP contribution >= 0.6 is 0 Å². The van der Waals surface area contributed by atoms with E-state index in [2.05, 4.69) is 5.32 Å². The van der Waals surface area contributed by atoms with E-state index in [9.17, 15) is 29.1 Å².